The smallest absolute Gasteiger partial charge is 0.290 e. The van der Waals surface area contributed by atoms with Crippen molar-refractivity contribution in [2.45, 2.75) is 6.92 Å². The van der Waals surface area contributed by atoms with Gasteiger partial charge in [0.2, 0.25) is 0 Å². The summed E-state index contributed by atoms with van der Waals surface area (Å²) < 4.78 is 19.2. The van der Waals surface area contributed by atoms with E-state index in [4.69, 9.17) is 20.4 Å². The van der Waals surface area contributed by atoms with Gasteiger partial charge >= 0.3 is 0 Å². The van der Waals surface area contributed by atoms with Crippen LogP contribution in [0.25, 0.3) is 33.3 Å². The van der Waals surface area contributed by atoms with Gasteiger partial charge in [0.05, 0.1) is 18.3 Å². The van der Waals surface area contributed by atoms with Gasteiger partial charge in [0.15, 0.2) is 11.6 Å². The van der Waals surface area contributed by atoms with Crippen molar-refractivity contribution in [2.75, 3.05) is 12.8 Å². The molecule has 0 saturated carbocycles. The third-order valence-corrected chi connectivity index (χ3v) is 4.87. The summed E-state index contributed by atoms with van der Waals surface area (Å²) in [5, 5.41) is 17.5. The lowest BCUT2D eigenvalue weighted by Gasteiger charge is -2.13. The molecule has 0 atom stereocenters. The maximum Gasteiger partial charge on any atom is 0.290 e. The monoisotopic (exact) mass is 430 g/mol. The topological polar surface area (TPSA) is 122 Å². The summed E-state index contributed by atoms with van der Waals surface area (Å²) in [6.07, 6.45) is 1.73. The molecule has 2 aromatic heterocycles. The summed E-state index contributed by atoms with van der Waals surface area (Å²) in [6.45, 7) is 1.73. The molecule has 8 heteroatoms. The van der Waals surface area contributed by atoms with Crippen LogP contribution in [-0.4, -0.2) is 28.7 Å². The van der Waals surface area contributed by atoms with Gasteiger partial charge in [-0.15, -0.1) is 0 Å². The van der Waals surface area contributed by atoms with Gasteiger partial charge in [0.25, 0.3) is 6.47 Å². The molecule has 0 aliphatic rings. The summed E-state index contributed by atoms with van der Waals surface area (Å²) >= 11 is 0. The number of fused-ring (bicyclic) bond motifs is 1. The number of nitrogens with two attached hydrogens (primary N) is 1. The second-order valence-corrected chi connectivity index (χ2v) is 6.71. The van der Waals surface area contributed by atoms with Gasteiger partial charge in [0, 0.05) is 22.7 Å². The zero-order valence-electron chi connectivity index (χ0n) is 17.3. The normalized spacial score (nSPS) is 10.1. The largest absolute Gasteiger partial charge is 0.494 e. The number of aryl methyl sites for hydroxylation is 1. The second kappa shape index (κ2) is 9.53. The molecule has 32 heavy (non-hydrogen) atoms. The van der Waals surface area contributed by atoms with Crippen molar-refractivity contribution < 1.29 is 19.0 Å². The van der Waals surface area contributed by atoms with Crippen molar-refractivity contribution in [1.82, 2.24) is 9.97 Å². The van der Waals surface area contributed by atoms with Crippen molar-refractivity contribution in [2.24, 2.45) is 0 Å². The average molecular weight is 430 g/mol. The standard InChI is InChI=1S/C23H17FN4O.CH2O2/c1-13-5-7-15(16-4-3-9-27-22(13)16)17-11-20(28-23(26)18(17)12-25)14-6-8-21(29-2)19(24)10-14;2-1-3/h3-11H,1-2H3,(H2,26,28);1H,(H,2,3). The molecule has 4 aromatic rings. The van der Waals surface area contributed by atoms with Crippen LogP contribution in [0, 0.1) is 24.1 Å². The third kappa shape index (κ3) is 4.18. The van der Waals surface area contributed by atoms with E-state index < -0.39 is 5.82 Å². The Morgan fingerprint density at radius 3 is 2.59 bits per heavy atom. The second-order valence-electron chi connectivity index (χ2n) is 6.71. The summed E-state index contributed by atoms with van der Waals surface area (Å²) in [5.74, 6) is -0.263. The summed E-state index contributed by atoms with van der Waals surface area (Å²) in [6, 6.07) is 16.2. The number of carbonyl (C=O) groups is 1. The van der Waals surface area contributed by atoms with Gasteiger partial charge in [-0.25, -0.2) is 9.37 Å². The Morgan fingerprint density at radius 2 is 1.94 bits per heavy atom. The predicted octanol–water partition coefficient (Wildman–Crippen LogP) is 4.57. The van der Waals surface area contributed by atoms with Gasteiger partial charge in [-0.05, 0) is 48.4 Å². The molecular weight excluding hydrogens is 411 g/mol. The molecule has 7 nitrogen and oxygen atoms in total. The first-order chi connectivity index (χ1) is 15.4. The fourth-order valence-electron chi connectivity index (χ4n) is 3.42. The number of nitrogens with zero attached hydrogens (tertiary/aromatic N) is 3. The minimum absolute atomic E-state index is 0.0915. The summed E-state index contributed by atoms with van der Waals surface area (Å²) in [5.41, 5.74) is 10.7. The molecule has 0 saturated heterocycles. The Hall–Kier alpha value is -4.51. The van der Waals surface area contributed by atoms with Gasteiger partial charge in [-0.2, -0.15) is 5.26 Å². The van der Waals surface area contributed by atoms with Gasteiger partial charge in [-0.3, -0.25) is 9.78 Å². The van der Waals surface area contributed by atoms with Crippen LogP contribution >= 0.6 is 0 Å². The number of pyridine rings is 2. The molecule has 3 N–H and O–H groups in total. The number of aromatic nitrogens is 2. The lowest BCUT2D eigenvalue weighted by molar-refractivity contribution is -0.122. The minimum atomic E-state index is -0.499. The van der Waals surface area contributed by atoms with Crippen LogP contribution in [0.5, 0.6) is 5.75 Å². The fourth-order valence-corrected chi connectivity index (χ4v) is 3.42. The zero-order valence-corrected chi connectivity index (χ0v) is 17.3. The quantitative estimate of drug-likeness (QED) is 0.456. The van der Waals surface area contributed by atoms with Crippen LogP contribution in [0.15, 0.2) is 54.7 Å². The van der Waals surface area contributed by atoms with Gasteiger partial charge < -0.3 is 15.6 Å². The molecule has 0 aliphatic heterocycles. The molecule has 0 spiro atoms. The van der Waals surface area contributed by atoms with Crippen LogP contribution in [0.1, 0.15) is 11.1 Å². The van der Waals surface area contributed by atoms with Crippen molar-refractivity contribution in [3.05, 3.63) is 71.7 Å². The number of rotatable bonds is 3. The van der Waals surface area contributed by atoms with E-state index in [9.17, 15) is 9.65 Å². The molecule has 0 amide bonds. The number of halogens is 1. The third-order valence-electron chi connectivity index (χ3n) is 4.87. The van der Waals surface area contributed by atoms with E-state index in [0.29, 0.717) is 16.8 Å². The van der Waals surface area contributed by atoms with E-state index in [-0.39, 0.29) is 23.6 Å². The number of anilines is 1. The van der Waals surface area contributed by atoms with Gasteiger partial charge in [-0.1, -0.05) is 18.2 Å². The predicted molar refractivity (Wildman–Crippen MR) is 119 cm³/mol. The SMILES string of the molecule is COc1ccc(-c2cc(-c3ccc(C)c4ncccc34)c(C#N)c(N)n2)cc1F.O=CO. The average Bonchev–Trinajstić information content (AvgIpc) is 2.79. The Morgan fingerprint density at radius 1 is 1.19 bits per heavy atom. The van der Waals surface area contributed by atoms with E-state index >= 15 is 0 Å². The van der Waals surface area contributed by atoms with Crippen LogP contribution in [0.2, 0.25) is 0 Å². The molecule has 0 aliphatic carbocycles. The highest BCUT2D eigenvalue weighted by atomic mass is 19.1. The number of nitrogen functional groups attached to an aromatic ring is 1. The van der Waals surface area contributed by atoms with Crippen LogP contribution in [-0.2, 0) is 4.79 Å². The molecular formula is C24H19FN4O3. The van der Waals surface area contributed by atoms with Crippen molar-refractivity contribution in [1.29, 1.82) is 5.26 Å². The van der Waals surface area contributed by atoms with Gasteiger partial charge in [0.1, 0.15) is 17.5 Å². The van der Waals surface area contributed by atoms with Crippen LogP contribution < -0.4 is 10.5 Å². The zero-order chi connectivity index (χ0) is 23.3. The molecule has 0 fully saturated rings. The van der Waals surface area contributed by atoms with Crippen molar-refractivity contribution in [3.63, 3.8) is 0 Å². The minimum Gasteiger partial charge on any atom is -0.494 e. The Bertz CT molecular complexity index is 1350. The highest BCUT2D eigenvalue weighted by Crippen LogP contribution is 2.36. The first-order valence-electron chi connectivity index (χ1n) is 9.42. The maximum absolute atomic E-state index is 14.2. The van der Waals surface area contributed by atoms with Crippen LogP contribution in [0.3, 0.4) is 0 Å². The van der Waals surface area contributed by atoms with Crippen LogP contribution in [0.4, 0.5) is 10.2 Å². The number of methoxy groups -OCH3 is 1. The Balaban J connectivity index is 0.000000913. The van der Waals surface area contributed by atoms with Crippen molar-refractivity contribution >= 4 is 23.2 Å². The number of nitriles is 1. The number of benzene rings is 2. The number of carboxylic acid groups (broad SMARTS) is 1. The molecule has 2 aromatic carbocycles. The fraction of sp³-hybridized carbons (Fsp3) is 0.0833. The van der Waals surface area contributed by atoms with E-state index in [1.807, 2.05) is 31.2 Å². The highest BCUT2D eigenvalue weighted by Gasteiger charge is 2.17. The lowest BCUT2D eigenvalue weighted by atomic mass is 9.94. The van der Waals surface area contributed by atoms with E-state index in [1.54, 1.807) is 18.3 Å². The Labute approximate surface area is 183 Å². The first kappa shape index (κ1) is 22.2. The number of hydrogen-bond donors (Lipinski definition) is 2. The lowest BCUT2D eigenvalue weighted by Crippen LogP contribution is -2.01. The van der Waals surface area contributed by atoms with E-state index in [0.717, 1.165) is 22.0 Å². The molecule has 2 heterocycles. The number of ether oxygens (including phenoxy) is 1. The highest BCUT2D eigenvalue weighted by molar-refractivity contribution is 5.98. The van der Waals surface area contributed by atoms with E-state index in [1.165, 1.54) is 19.2 Å². The Kier molecular flexibility index (Phi) is 6.61. The molecule has 0 bridgehead atoms. The first-order valence-corrected chi connectivity index (χ1v) is 9.42. The maximum atomic E-state index is 14.2. The number of hydrogen-bond acceptors (Lipinski definition) is 6. The summed E-state index contributed by atoms with van der Waals surface area (Å²) in [4.78, 5) is 17.2. The molecule has 0 unspecified atom stereocenters. The molecule has 160 valence electrons. The molecule has 0 radical (unpaired) electrons. The van der Waals surface area contributed by atoms with Crippen molar-refractivity contribution in [3.8, 4) is 34.2 Å². The summed E-state index contributed by atoms with van der Waals surface area (Å²) in [7, 11) is 1.41. The van der Waals surface area contributed by atoms with E-state index in [2.05, 4.69) is 16.0 Å². The molecule has 4 rings (SSSR count).